The van der Waals surface area contributed by atoms with Crippen LogP contribution < -0.4 is 9.47 Å². The van der Waals surface area contributed by atoms with Gasteiger partial charge in [0.25, 0.3) is 0 Å². The standard InChI is InChI=1S/C40H56O4/c1-4-6-7-8-9-10-11-12-13-14-15-16-17-18-32-42-33(3)34-19-21-35(22-20-34)36-23-25-37(26-24-36)40(41)44-39-29-27-38(28-30-39)43-31-5-2/h19-30,33H,4-18,31-32H2,1-3H3. The Kier molecular flexibility index (Phi) is 17.3. The van der Waals surface area contributed by atoms with Gasteiger partial charge >= 0.3 is 5.97 Å². The molecule has 0 heterocycles. The van der Waals surface area contributed by atoms with Crippen LogP contribution in [-0.2, 0) is 4.74 Å². The Hall–Kier alpha value is -3.11. The van der Waals surface area contributed by atoms with Gasteiger partial charge in [0.15, 0.2) is 0 Å². The first-order valence-corrected chi connectivity index (χ1v) is 17.4. The Labute approximate surface area is 267 Å². The SMILES string of the molecule is CCCCCCCCCCCCCCCCOC(C)c1ccc(-c2ccc(C(=O)Oc3ccc(OCCC)cc3)cc2)cc1. The predicted octanol–water partition coefficient (Wildman–Crippen LogP) is 11.9. The van der Waals surface area contributed by atoms with Crippen LogP contribution in [0.15, 0.2) is 72.8 Å². The highest BCUT2D eigenvalue weighted by Gasteiger charge is 2.10. The van der Waals surface area contributed by atoms with Gasteiger partial charge in [-0.15, -0.1) is 0 Å². The summed E-state index contributed by atoms with van der Waals surface area (Å²) in [6.07, 6.45) is 20.2. The molecule has 0 aliphatic carbocycles. The van der Waals surface area contributed by atoms with Gasteiger partial charge in [0, 0.05) is 6.61 Å². The van der Waals surface area contributed by atoms with Crippen molar-refractivity contribution in [2.24, 2.45) is 0 Å². The predicted molar refractivity (Wildman–Crippen MR) is 184 cm³/mol. The lowest BCUT2D eigenvalue weighted by Gasteiger charge is -2.14. The second-order valence-corrected chi connectivity index (χ2v) is 12.0. The second-order valence-electron chi connectivity index (χ2n) is 12.0. The van der Waals surface area contributed by atoms with E-state index < -0.39 is 0 Å². The quantitative estimate of drug-likeness (QED) is 0.0617. The summed E-state index contributed by atoms with van der Waals surface area (Å²) < 4.78 is 17.3. The van der Waals surface area contributed by atoms with Gasteiger partial charge in [0.2, 0.25) is 0 Å². The van der Waals surface area contributed by atoms with Gasteiger partial charge in [0.1, 0.15) is 11.5 Å². The summed E-state index contributed by atoms with van der Waals surface area (Å²) >= 11 is 0. The van der Waals surface area contributed by atoms with Gasteiger partial charge < -0.3 is 14.2 Å². The average molecular weight is 601 g/mol. The topological polar surface area (TPSA) is 44.8 Å². The van der Waals surface area contributed by atoms with Gasteiger partial charge in [-0.05, 0) is 72.9 Å². The third kappa shape index (κ3) is 13.7. The van der Waals surface area contributed by atoms with Gasteiger partial charge in [-0.25, -0.2) is 4.79 Å². The van der Waals surface area contributed by atoms with Crippen molar-refractivity contribution in [2.45, 2.75) is 123 Å². The number of carbonyl (C=O) groups is 1. The molecule has 3 rings (SSSR count). The summed E-state index contributed by atoms with van der Waals surface area (Å²) in [5.74, 6) is 0.895. The molecule has 44 heavy (non-hydrogen) atoms. The van der Waals surface area contributed by atoms with Gasteiger partial charge in [-0.3, -0.25) is 0 Å². The first kappa shape index (κ1) is 35.4. The fourth-order valence-electron chi connectivity index (χ4n) is 5.39. The number of benzene rings is 3. The van der Waals surface area contributed by atoms with E-state index in [2.05, 4.69) is 45.0 Å². The van der Waals surface area contributed by atoms with Crippen LogP contribution in [0.5, 0.6) is 11.5 Å². The molecule has 0 N–H and O–H groups in total. The Morgan fingerprint density at radius 3 is 1.55 bits per heavy atom. The molecule has 0 radical (unpaired) electrons. The highest BCUT2D eigenvalue weighted by atomic mass is 16.5. The number of esters is 1. The molecule has 0 saturated carbocycles. The Bertz CT molecular complexity index is 1150. The van der Waals surface area contributed by atoms with Crippen molar-refractivity contribution in [1.82, 2.24) is 0 Å². The van der Waals surface area contributed by atoms with E-state index in [-0.39, 0.29) is 12.1 Å². The molecule has 0 amide bonds. The van der Waals surface area contributed by atoms with Gasteiger partial charge in [0.05, 0.1) is 18.3 Å². The van der Waals surface area contributed by atoms with Crippen LogP contribution in [0.3, 0.4) is 0 Å². The molecule has 1 unspecified atom stereocenters. The number of unbranched alkanes of at least 4 members (excludes halogenated alkanes) is 13. The fraction of sp³-hybridized carbons (Fsp3) is 0.525. The van der Waals surface area contributed by atoms with E-state index in [9.17, 15) is 4.79 Å². The second kappa shape index (κ2) is 21.6. The van der Waals surface area contributed by atoms with Crippen molar-refractivity contribution in [3.63, 3.8) is 0 Å². The normalized spacial score (nSPS) is 11.8. The van der Waals surface area contributed by atoms with Crippen molar-refractivity contribution in [3.05, 3.63) is 83.9 Å². The molecule has 0 aromatic heterocycles. The largest absolute Gasteiger partial charge is 0.494 e. The molecular weight excluding hydrogens is 544 g/mol. The molecular formula is C40H56O4. The van der Waals surface area contributed by atoms with Crippen molar-refractivity contribution >= 4 is 5.97 Å². The molecule has 240 valence electrons. The van der Waals surface area contributed by atoms with E-state index >= 15 is 0 Å². The number of ether oxygens (including phenoxy) is 3. The number of hydrogen-bond acceptors (Lipinski definition) is 4. The minimum Gasteiger partial charge on any atom is -0.494 e. The Morgan fingerprint density at radius 2 is 1.02 bits per heavy atom. The lowest BCUT2D eigenvalue weighted by molar-refractivity contribution is 0.0627. The monoisotopic (exact) mass is 600 g/mol. The summed E-state index contributed by atoms with van der Waals surface area (Å²) in [7, 11) is 0. The average Bonchev–Trinajstić information content (AvgIpc) is 3.06. The summed E-state index contributed by atoms with van der Waals surface area (Å²) in [6.45, 7) is 7.96. The summed E-state index contributed by atoms with van der Waals surface area (Å²) in [6, 6.07) is 23.2. The molecule has 4 heteroatoms. The molecule has 1 atom stereocenters. The van der Waals surface area contributed by atoms with E-state index in [1.165, 1.54) is 89.0 Å². The van der Waals surface area contributed by atoms with Crippen LogP contribution in [0, 0.1) is 0 Å². The van der Waals surface area contributed by atoms with Crippen LogP contribution in [0.4, 0.5) is 0 Å². The molecule has 0 bridgehead atoms. The van der Waals surface area contributed by atoms with Crippen molar-refractivity contribution in [2.75, 3.05) is 13.2 Å². The van der Waals surface area contributed by atoms with Crippen LogP contribution >= 0.6 is 0 Å². The minimum atomic E-state index is -0.376. The lowest BCUT2D eigenvalue weighted by Crippen LogP contribution is -2.08. The molecule has 0 spiro atoms. The van der Waals surface area contributed by atoms with Crippen molar-refractivity contribution in [3.8, 4) is 22.6 Å². The van der Waals surface area contributed by atoms with Crippen LogP contribution in [0.1, 0.15) is 139 Å². The number of carbonyl (C=O) groups excluding carboxylic acids is 1. The number of rotatable bonds is 23. The van der Waals surface area contributed by atoms with E-state index in [0.717, 1.165) is 36.3 Å². The Balaban J connectivity index is 1.28. The molecule has 4 nitrogen and oxygen atoms in total. The third-order valence-corrected chi connectivity index (χ3v) is 8.21. The van der Waals surface area contributed by atoms with Crippen molar-refractivity contribution in [1.29, 1.82) is 0 Å². The maximum absolute atomic E-state index is 12.6. The zero-order valence-corrected chi connectivity index (χ0v) is 27.7. The van der Waals surface area contributed by atoms with Crippen LogP contribution in [0.25, 0.3) is 11.1 Å². The summed E-state index contributed by atoms with van der Waals surface area (Å²) in [5, 5.41) is 0. The zero-order chi connectivity index (χ0) is 31.2. The first-order valence-electron chi connectivity index (χ1n) is 17.4. The van der Waals surface area contributed by atoms with E-state index in [4.69, 9.17) is 14.2 Å². The molecule has 3 aromatic rings. The maximum atomic E-state index is 12.6. The van der Waals surface area contributed by atoms with Gasteiger partial charge in [-0.1, -0.05) is 134 Å². The zero-order valence-electron chi connectivity index (χ0n) is 27.7. The smallest absolute Gasteiger partial charge is 0.343 e. The maximum Gasteiger partial charge on any atom is 0.343 e. The fourth-order valence-corrected chi connectivity index (χ4v) is 5.39. The van der Waals surface area contributed by atoms with E-state index in [0.29, 0.717) is 17.9 Å². The molecule has 3 aromatic carbocycles. The molecule has 0 fully saturated rings. The summed E-state index contributed by atoms with van der Waals surface area (Å²) in [5.41, 5.74) is 3.87. The highest BCUT2D eigenvalue weighted by molar-refractivity contribution is 5.91. The molecule has 0 aliphatic rings. The third-order valence-electron chi connectivity index (χ3n) is 8.21. The number of hydrogen-bond donors (Lipinski definition) is 0. The lowest BCUT2D eigenvalue weighted by atomic mass is 10.0. The van der Waals surface area contributed by atoms with Crippen LogP contribution in [0.2, 0.25) is 0 Å². The van der Waals surface area contributed by atoms with Crippen LogP contribution in [-0.4, -0.2) is 19.2 Å². The van der Waals surface area contributed by atoms with Gasteiger partial charge in [-0.2, -0.15) is 0 Å². The van der Waals surface area contributed by atoms with E-state index in [1.54, 1.807) is 12.1 Å². The van der Waals surface area contributed by atoms with Crippen molar-refractivity contribution < 1.29 is 19.0 Å². The highest BCUT2D eigenvalue weighted by Crippen LogP contribution is 2.25. The molecule has 0 saturated heterocycles. The minimum absolute atomic E-state index is 0.0791. The molecule has 0 aliphatic heterocycles. The van der Waals surface area contributed by atoms with E-state index in [1.807, 2.05) is 36.4 Å². The first-order chi connectivity index (χ1) is 21.6. The Morgan fingerprint density at radius 1 is 0.545 bits per heavy atom. The summed E-state index contributed by atoms with van der Waals surface area (Å²) in [4.78, 5) is 12.6.